The number of nitrogens with two attached hydrogens (primary N) is 1. The Bertz CT molecular complexity index is 377. The molecule has 0 amide bonds. The third kappa shape index (κ3) is 2.54. The Morgan fingerprint density at radius 3 is 2.94 bits per heavy atom. The Hall–Kier alpha value is -1.07. The number of aryl methyl sites for hydroxylation is 1. The van der Waals surface area contributed by atoms with Gasteiger partial charge in [0.25, 0.3) is 5.56 Å². The predicted octanol–water partition coefficient (Wildman–Crippen LogP) is 0.419. The van der Waals surface area contributed by atoms with Gasteiger partial charge in [0.15, 0.2) is 0 Å². The average Bonchev–Trinajstić information content (AvgIpc) is 2.69. The van der Waals surface area contributed by atoms with Gasteiger partial charge in [0.2, 0.25) is 0 Å². The Labute approximate surface area is 94.6 Å². The average molecular weight is 225 g/mol. The lowest BCUT2D eigenvalue weighted by Gasteiger charge is -2.22. The van der Waals surface area contributed by atoms with Gasteiger partial charge in [-0.25, -0.2) is 4.68 Å². The van der Waals surface area contributed by atoms with Gasteiger partial charge in [-0.3, -0.25) is 9.89 Å². The van der Waals surface area contributed by atoms with Crippen molar-refractivity contribution in [2.75, 3.05) is 19.8 Å². The molecule has 2 rings (SSSR count). The summed E-state index contributed by atoms with van der Waals surface area (Å²) in [6.07, 6.45) is 3.59. The normalized spacial score (nSPS) is 17.8. The van der Waals surface area contributed by atoms with E-state index < -0.39 is 0 Å². The molecule has 3 N–H and O–H groups in total. The summed E-state index contributed by atoms with van der Waals surface area (Å²) in [5, 5.41) is 3.18. The maximum absolute atomic E-state index is 11.8. The molecule has 0 atom stereocenters. The smallest absolute Gasteiger partial charge is 0.266 e. The van der Waals surface area contributed by atoms with Crippen LogP contribution in [0, 0.1) is 0 Å². The van der Waals surface area contributed by atoms with Crippen LogP contribution < -0.4 is 11.3 Å². The molecule has 1 aromatic rings. The molecule has 5 heteroatoms. The predicted molar refractivity (Wildman–Crippen MR) is 61.5 cm³/mol. The molecule has 0 radical (unpaired) electrons. The van der Waals surface area contributed by atoms with E-state index in [-0.39, 0.29) is 11.6 Å². The van der Waals surface area contributed by atoms with Gasteiger partial charge in [-0.2, -0.15) is 0 Å². The van der Waals surface area contributed by atoms with Gasteiger partial charge < -0.3 is 10.5 Å². The molecule has 0 aromatic carbocycles. The molecule has 0 unspecified atom stereocenters. The molecule has 1 aliphatic rings. The lowest BCUT2D eigenvalue weighted by Crippen LogP contribution is -2.27. The van der Waals surface area contributed by atoms with Crippen molar-refractivity contribution in [1.82, 2.24) is 9.78 Å². The molecule has 1 aliphatic heterocycles. The quantitative estimate of drug-likeness (QED) is 0.780. The van der Waals surface area contributed by atoms with Gasteiger partial charge in [0.05, 0.1) is 6.04 Å². The van der Waals surface area contributed by atoms with Gasteiger partial charge in [-0.1, -0.05) is 0 Å². The topological polar surface area (TPSA) is 73.0 Å². The van der Waals surface area contributed by atoms with Gasteiger partial charge in [0.1, 0.15) is 0 Å². The molecule has 5 nitrogen and oxygen atoms in total. The highest BCUT2D eigenvalue weighted by Crippen LogP contribution is 2.18. The minimum Gasteiger partial charge on any atom is -0.381 e. The van der Waals surface area contributed by atoms with Crippen molar-refractivity contribution < 1.29 is 4.74 Å². The van der Waals surface area contributed by atoms with Crippen molar-refractivity contribution in [1.29, 1.82) is 0 Å². The highest BCUT2D eigenvalue weighted by Gasteiger charge is 2.18. The van der Waals surface area contributed by atoms with E-state index in [9.17, 15) is 4.79 Å². The zero-order valence-electron chi connectivity index (χ0n) is 9.45. The Balaban J connectivity index is 2.08. The van der Waals surface area contributed by atoms with Crippen LogP contribution in [0.15, 0.2) is 10.9 Å². The summed E-state index contributed by atoms with van der Waals surface area (Å²) < 4.78 is 7.03. The second-order valence-corrected chi connectivity index (χ2v) is 4.23. The van der Waals surface area contributed by atoms with E-state index >= 15 is 0 Å². The van der Waals surface area contributed by atoms with E-state index in [4.69, 9.17) is 10.5 Å². The van der Waals surface area contributed by atoms with Crippen LogP contribution in [-0.2, 0) is 11.2 Å². The standard InChI is InChI=1S/C11H19N3O2/c12-5-1-2-9-8-11(15)14(13-9)10-3-6-16-7-4-10/h8,10,13H,1-7,12H2. The van der Waals surface area contributed by atoms with Crippen molar-refractivity contribution in [3.8, 4) is 0 Å². The molecular weight excluding hydrogens is 206 g/mol. The van der Waals surface area contributed by atoms with Gasteiger partial charge in [-0.05, 0) is 32.2 Å². The molecule has 0 spiro atoms. The molecular formula is C11H19N3O2. The third-order valence-electron chi connectivity index (χ3n) is 3.01. The van der Waals surface area contributed by atoms with E-state index in [2.05, 4.69) is 5.10 Å². The number of nitrogens with one attached hydrogen (secondary N) is 1. The number of aromatic amines is 1. The fourth-order valence-electron chi connectivity index (χ4n) is 2.10. The van der Waals surface area contributed by atoms with E-state index in [1.54, 1.807) is 10.7 Å². The zero-order valence-corrected chi connectivity index (χ0v) is 9.45. The van der Waals surface area contributed by atoms with Crippen LogP contribution in [0.1, 0.15) is 31.0 Å². The van der Waals surface area contributed by atoms with Crippen LogP contribution in [-0.4, -0.2) is 29.5 Å². The third-order valence-corrected chi connectivity index (χ3v) is 3.01. The SMILES string of the molecule is NCCCc1cc(=O)n(C2CCOCC2)[nH]1. The lowest BCUT2D eigenvalue weighted by atomic mass is 10.1. The fourth-order valence-corrected chi connectivity index (χ4v) is 2.10. The fraction of sp³-hybridized carbons (Fsp3) is 0.727. The van der Waals surface area contributed by atoms with Crippen molar-refractivity contribution in [3.05, 3.63) is 22.1 Å². The molecule has 90 valence electrons. The number of rotatable bonds is 4. The van der Waals surface area contributed by atoms with Crippen LogP contribution in [0.3, 0.4) is 0 Å². The first-order valence-corrected chi connectivity index (χ1v) is 5.89. The molecule has 0 aliphatic carbocycles. The Kier molecular flexibility index (Phi) is 3.79. The molecule has 1 aromatic heterocycles. The van der Waals surface area contributed by atoms with E-state index in [1.165, 1.54) is 0 Å². The van der Waals surface area contributed by atoms with Crippen LogP contribution in [0.4, 0.5) is 0 Å². The van der Waals surface area contributed by atoms with Gasteiger partial charge in [-0.15, -0.1) is 0 Å². The highest BCUT2D eigenvalue weighted by molar-refractivity contribution is 5.00. The number of hydrogen-bond donors (Lipinski definition) is 2. The maximum atomic E-state index is 11.8. The van der Waals surface area contributed by atoms with Crippen molar-refractivity contribution in [2.24, 2.45) is 5.73 Å². The first-order valence-electron chi connectivity index (χ1n) is 5.89. The summed E-state index contributed by atoms with van der Waals surface area (Å²) in [7, 11) is 0. The summed E-state index contributed by atoms with van der Waals surface area (Å²) in [6, 6.07) is 1.96. The minimum atomic E-state index is 0.0684. The number of hydrogen-bond acceptors (Lipinski definition) is 3. The largest absolute Gasteiger partial charge is 0.381 e. The van der Waals surface area contributed by atoms with Crippen molar-refractivity contribution in [3.63, 3.8) is 0 Å². The van der Waals surface area contributed by atoms with E-state index in [1.807, 2.05) is 0 Å². The zero-order chi connectivity index (χ0) is 11.4. The summed E-state index contributed by atoms with van der Waals surface area (Å²) in [5.41, 5.74) is 6.51. The lowest BCUT2D eigenvalue weighted by molar-refractivity contribution is 0.0652. The molecule has 1 fully saturated rings. The second-order valence-electron chi connectivity index (χ2n) is 4.23. The summed E-state index contributed by atoms with van der Waals surface area (Å²) >= 11 is 0. The molecule has 16 heavy (non-hydrogen) atoms. The summed E-state index contributed by atoms with van der Waals surface area (Å²) in [4.78, 5) is 11.8. The maximum Gasteiger partial charge on any atom is 0.266 e. The summed E-state index contributed by atoms with van der Waals surface area (Å²) in [5.74, 6) is 0. The van der Waals surface area contributed by atoms with Crippen molar-refractivity contribution >= 4 is 0 Å². The number of aromatic nitrogens is 2. The molecule has 2 heterocycles. The number of nitrogens with zero attached hydrogens (tertiary/aromatic N) is 1. The molecule has 1 saturated heterocycles. The number of H-pyrrole nitrogens is 1. The van der Waals surface area contributed by atoms with Crippen LogP contribution in [0.5, 0.6) is 0 Å². The van der Waals surface area contributed by atoms with E-state index in [0.29, 0.717) is 6.54 Å². The van der Waals surface area contributed by atoms with Crippen molar-refractivity contribution in [2.45, 2.75) is 31.7 Å². The van der Waals surface area contributed by atoms with E-state index in [0.717, 1.165) is 44.6 Å². The van der Waals surface area contributed by atoms with Crippen LogP contribution in [0.2, 0.25) is 0 Å². The van der Waals surface area contributed by atoms with Gasteiger partial charge in [0, 0.05) is 25.0 Å². The first kappa shape index (κ1) is 11.4. The van der Waals surface area contributed by atoms with Crippen LogP contribution in [0.25, 0.3) is 0 Å². The van der Waals surface area contributed by atoms with Gasteiger partial charge >= 0.3 is 0 Å². The first-order chi connectivity index (χ1) is 7.81. The second kappa shape index (κ2) is 5.32. The Morgan fingerprint density at radius 1 is 1.50 bits per heavy atom. The minimum absolute atomic E-state index is 0.0684. The monoisotopic (exact) mass is 225 g/mol. The summed E-state index contributed by atoms with van der Waals surface area (Å²) in [6.45, 7) is 2.15. The van der Waals surface area contributed by atoms with Crippen LogP contribution >= 0.6 is 0 Å². The molecule has 0 bridgehead atoms. The highest BCUT2D eigenvalue weighted by atomic mass is 16.5. The Morgan fingerprint density at radius 2 is 2.25 bits per heavy atom. The number of ether oxygens (including phenoxy) is 1. The molecule has 0 saturated carbocycles.